The highest BCUT2D eigenvalue weighted by Gasteiger charge is 2.19. The van der Waals surface area contributed by atoms with Gasteiger partial charge < -0.3 is 10.6 Å². The van der Waals surface area contributed by atoms with E-state index in [1.54, 1.807) is 0 Å². The number of nitrogens with one attached hydrogen (secondary N) is 1. The summed E-state index contributed by atoms with van der Waals surface area (Å²) in [6, 6.07) is -0.120. The summed E-state index contributed by atoms with van der Waals surface area (Å²) < 4.78 is 28.4. The summed E-state index contributed by atoms with van der Waals surface area (Å²) in [7, 11) is 0.415. The molecule has 0 bridgehead atoms. The van der Waals surface area contributed by atoms with Crippen LogP contribution in [0.5, 0.6) is 0 Å². The van der Waals surface area contributed by atoms with E-state index in [1.165, 1.54) is 17.1 Å². The molecule has 1 aromatic heterocycles. The first kappa shape index (κ1) is 16.1. The molecule has 0 fully saturated rings. The fourth-order valence-electron chi connectivity index (χ4n) is 1.58. The Bertz CT molecular complexity index is 483. The van der Waals surface area contributed by atoms with Gasteiger partial charge in [-0.25, -0.2) is 13.1 Å². The van der Waals surface area contributed by atoms with Gasteiger partial charge in [0.05, 0.1) is 12.7 Å². The molecule has 110 valence electrons. The van der Waals surface area contributed by atoms with Crippen molar-refractivity contribution in [2.75, 3.05) is 27.2 Å². The van der Waals surface area contributed by atoms with Crippen LogP contribution in [0, 0.1) is 0 Å². The summed E-state index contributed by atoms with van der Waals surface area (Å²) in [6.45, 7) is 3.61. The summed E-state index contributed by atoms with van der Waals surface area (Å²) in [6.07, 6.45) is 3.59. The number of hydrogen-bond donors (Lipinski definition) is 2. The summed E-state index contributed by atoms with van der Waals surface area (Å²) in [5.41, 5.74) is 5.40. The Kier molecular flexibility index (Phi) is 5.92. The van der Waals surface area contributed by atoms with Crippen LogP contribution in [0.2, 0.25) is 0 Å². The number of rotatable bonds is 8. The predicted octanol–water partition coefficient (Wildman–Crippen LogP) is -0.540. The van der Waals surface area contributed by atoms with Gasteiger partial charge >= 0.3 is 0 Å². The van der Waals surface area contributed by atoms with Gasteiger partial charge in [0.25, 0.3) is 0 Å². The van der Waals surface area contributed by atoms with E-state index in [-0.39, 0.29) is 10.9 Å². The van der Waals surface area contributed by atoms with Crippen molar-refractivity contribution in [1.29, 1.82) is 0 Å². The van der Waals surface area contributed by atoms with Crippen LogP contribution in [-0.2, 0) is 16.6 Å². The van der Waals surface area contributed by atoms with Crippen LogP contribution in [0.4, 0.5) is 0 Å². The number of aromatic nitrogens is 2. The van der Waals surface area contributed by atoms with Gasteiger partial charge in [0.1, 0.15) is 4.90 Å². The first-order chi connectivity index (χ1) is 8.85. The quantitative estimate of drug-likeness (QED) is 0.670. The fraction of sp³-hybridized carbons (Fsp3) is 0.727. The molecule has 0 saturated carbocycles. The summed E-state index contributed by atoms with van der Waals surface area (Å²) in [5.74, 6) is 0. The lowest BCUT2D eigenvalue weighted by molar-refractivity contribution is 0.379. The molecule has 3 N–H and O–H groups in total. The second-order valence-corrected chi connectivity index (χ2v) is 6.56. The maximum atomic E-state index is 12.1. The Hall–Kier alpha value is -0.960. The lowest BCUT2D eigenvalue weighted by Crippen LogP contribution is -2.34. The highest BCUT2D eigenvalue weighted by molar-refractivity contribution is 7.89. The predicted molar refractivity (Wildman–Crippen MR) is 74.2 cm³/mol. The van der Waals surface area contributed by atoms with Gasteiger partial charge in [-0.1, -0.05) is 0 Å². The van der Waals surface area contributed by atoms with Crippen molar-refractivity contribution in [2.45, 2.75) is 30.8 Å². The summed E-state index contributed by atoms with van der Waals surface area (Å²) in [4.78, 5) is 2.20. The normalized spacial score (nSPS) is 13.9. The van der Waals surface area contributed by atoms with Crippen molar-refractivity contribution in [3.05, 3.63) is 12.4 Å². The maximum absolute atomic E-state index is 12.1. The van der Waals surface area contributed by atoms with Gasteiger partial charge in [-0.2, -0.15) is 5.10 Å². The zero-order valence-electron chi connectivity index (χ0n) is 11.7. The van der Waals surface area contributed by atoms with E-state index in [1.807, 2.05) is 25.9 Å². The van der Waals surface area contributed by atoms with E-state index in [2.05, 4.69) is 9.82 Å². The second-order valence-electron chi connectivity index (χ2n) is 4.84. The number of sulfonamides is 1. The smallest absolute Gasteiger partial charge is 0.243 e. The van der Waals surface area contributed by atoms with Crippen molar-refractivity contribution < 1.29 is 8.42 Å². The monoisotopic (exact) mass is 289 g/mol. The average molecular weight is 289 g/mol. The first-order valence-electron chi connectivity index (χ1n) is 6.24. The second kappa shape index (κ2) is 6.99. The standard InChI is InChI=1S/C11H23N5O2S/c1-10(4-6-15(2)3)14-19(17,18)11-8-13-16(9-11)7-5-12/h8-10,14H,4-7,12H2,1-3H3. The van der Waals surface area contributed by atoms with Crippen LogP contribution in [0.3, 0.4) is 0 Å². The largest absolute Gasteiger partial charge is 0.329 e. The minimum atomic E-state index is -3.50. The van der Waals surface area contributed by atoms with Gasteiger partial charge in [-0.05, 0) is 34.0 Å². The molecule has 0 aliphatic heterocycles. The van der Waals surface area contributed by atoms with E-state index in [0.717, 1.165) is 13.0 Å². The summed E-state index contributed by atoms with van der Waals surface area (Å²) >= 11 is 0. The molecule has 1 atom stereocenters. The molecule has 19 heavy (non-hydrogen) atoms. The van der Waals surface area contributed by atoms with Crippen LogP contribution in [0.15, 0.2) is 17.3 Å². The Labute approximate surface area is 114 Å². The van der Waals surface area contributed by atoms with E-state index in [0.29, 0.717) is 13.1 Å². The Morgan fingerprint density at radius 3 is 2.79 bits per heavy atom. The van der Waals surface area contributed by atoms with Gasteiger partial charge in [0.2, 0.25) is 10.0 Å². The van der Waals surface area contributed by atoms with Gasteiger partial charge in [-0.3, -0.25) is 4.68 Å². The molecule has 1 rings (SSSR count). The fourth-order valence-corrected chi connectivity index (χ4v) is 2.81. The molecule has 1 heterocycles. The van der Waals surface area contributed by atoms with Crippen molar-refractivity contribution >= 4 is 10.0 Å². The molecule has 1 aromatic rings. The zero-order valence-corrected chi connectivity index (χ0v) is 12.5. The van der Waals surface area contributed by atoms with Crippen molar-refractivity contribution in [3.63, 3.8) is 0 Å². The Morgan fingerprint density at radius 1 is 1.53 bits per heavy atom. The molecule has 8 heteroatoms. The topological polar surface area (TPSA) is 93.2 Å². The van der Waals surface area contributed by atoms with E-state index >= 15 is 0 Å². The van der Waals surface area contributed by atoms with Crippen molar-refractivity contribution in [3.8, 4) is 0 Å². The highest BCUT2D eigenvalue weighted by atomic mass is 32.2. The third-order valence-corrected chi connectivity index (χ3v) is 4.19. The first-order valence-corrected chi connectivity index (χ1v) is 7.73. The van der Waals surface area contributed by atoms with E-state index in [9.17, 15) is 8.42 Å². The number of nitrogens with zero attached hydrogens (tertiary/aromatic N) is 3. The third-order valence-electron chi connectivity index (χ3n) is 2.64. The molecule has 0 amide bonds. The third kappa shape index (κ3) is 5.27. The van der Waals surface area contributed by atoms with Crippen LogP contribution < -0.4 is 10.5 Å². The Balaban J connectivity index is 2.64. The van der Waals surface area contributed by atoms with Gasteiger partial charge in [0.15, 0.2) is 0 Å². The lowest BCUT2D eigenvalue weighted by Gasteiger charge is -2.16. The molecule has 0 saturated heterocycles. The van der Waals surface area contributed by atoms with Gasteiger partial charge in [0, 0.05) is 18.8 Å². The lowest BCUT2D eigenvalue weighted by atomic mass is 10.2. The molecule has 0 spiro atoms. The van der Waals surface area contributed by atoms with Crippen LogP contribution in [0.25, 0.3) is 0 Å². The maximum Gasteiger partial charge on any atom is 0.243 e. The molecular weight excluding hydrogens is 266 g/mol. The SMILES string of the molecule is CC(CCN(C)C)NS(=O)(=O)c1cnn(CCN)c1. The van der Waals surface area contributed by atoms with Crippen molar-refractivity contribution in [1.82, 2.24) is 19.4 Å². The molecular formula is C11H23N5O2S. The van der Waals surface area contributed by atoms with Crippen molar-refractivity contribution in [2.24, 2.45) is 5.73 Å². The number of nitrogens with two attached hydrogens (primary N) is 1. The van der Waals surface area contributed by atoms with E-state index < -0.39 is 10.0 Å². The summed E-state index contributed by atoms with van der Waals surface area (Å²) in [5, 5.41) is 3.96. The van der Waals surface area contributed by atoms with Crippen LogP contribution >= 0.6 is 0 Å². The highest BCUT2D eigenvalue weighted by Crippen LogP contribution is 2.08. The van der Waals surface area contributed by atoms with Crippen LogP contribution in [-0.4, -0.2) is 56.3 Å². The average Bonchev–Trinajstić information content (AvgIpc) is 2.76. The molecule has 0 aliphatic rings. The van der Waals surface area contributed by atoms with Crippen LogP contribution in [0.1, 0.15) is 13.3 Å². The minimum absolute atomic E-state index is 0.120. The molecule has 0 radical (unpaired) electrons. The molecule has 0 aromatic carbocycles. The number of hydrogen-bond acceptors (Lipinski definition) is 5. The zero-order chi connectivity index (χ0) is 14.5. The minimum Gasteiger partial charge on any atom is -0.329 e. The Morgan fingerprint density at radius 2 is 2.21 bits per heavy atom. The van der Waals surface area contributed by atoms with E-state index in [4.69, 9.17) is 5.73 Å². The molecule has 7 nitrogen and oxygen atoms in total. The molecule has 1 unspecified atom stereocenters. The molecule has 0 aliphatic carbocycles. The van der Waals surface area contributed by atoms with Gasteiger partial charge in [-0.15, -0.1) is 0 Å².